The highest BCUT2D eigenvalue weighted by Gasteiger charge is 2.32. The number of carbonyl (C=O) groups is 1. The second-order valence-corrected chi connectivity index (χ2v) is 2.98. The minimum absolute atomic E-state index is 0.588. The van der Waals surface area contributed by atoms with Crippen molar-refractivity contribution in [2.75, 3.05) is 21.3 Å². The predicted molar refractivity (Wildman–Crippen MR) is 50.1 cm³/mol. The highest BCUT2D eigenvalue weighted by molar-refractivity contribution is 5.57. The third-order valence-electron chi connectivity index (χ3n) is 2.07. The molecule has 0 aliphatic rings. The zero-order chi connectivity index (χ0) is 11.1. The molecule has 5 nitrogen and oxygen atoms in total. The molecule has 1 N–H and O–H groups in total. The average molecular weight is 206 g/mol. The summed E-state index contributed by atoms with van der Waals surface area (Å²) in [5, 5.41) is 9.38. The van der Waals surface area contributed by atoms with Crippen LogP contribution in [0.5, 0.6) is 0 Å². The maximum absolute atomic E-state index is 10.6. The van der Waals surface area contributed by atoms with Gasteiger partial charge in [-0.05, 0) is 6.92 Å². The first-order valence-corrected chi connectivity index (χ1v) is 4.34. The molecule has 0 aromatic carbocycles. The summed E-state index contributed by atoms with van der Waals surface area (Å²) in [4.78, 5) is 10.6. The van der Waals surface area contributed by atoms with E-state index in [4.69, 9.17) is 14.2 Å². The molecular formula is C9H18O5. The van der Waals surface area contributed by atoms with Crippen molar-refractivity contribution in [1.29, 1.82) is 0 Å². The quantitative estimate of drug-likeness (QED) is 0.575. The monoisotopic (exact) mass is 206 g/mol. The molecular weight excluding hydrogens is 188 g/mol. The summed E-state index contributed by atoms with van der Waals surface area (Å²) in [6.07, 6.45) is -2.04. The summed E-state index contributed by atoms with van der Waals surface area (Å²) in [7, 11) is 4.29. The van der Waals surface area contributed by atoms with Crippen LogP contribution in [0.15, 0.2) is 0 Å². The first-order valence-electron chi connectivity index (χ1n) is 4.34. The van der Waals surface area contributed by atoms with E-state index in [0.717, 1.165) is 0 Å². The lowest BCUT2D eigenvalue weighted by Gasteiger charge is -2.29. The van der Waals surface area contributed by atoms with E-state index in [1.54, 1.807) is 6.92 Å². The van der Waals surface area contributed by atoms with Gasteiger partial charge in [-0.25, -0.2) is 0 Å². The van der Waals surface area contributed by atoms with E-state index in [1.165, 1.54) is 21.3 Å². The first kappa shape index (κ1) is 13.5. The predicted octanol–water partition coefficient (Wildman–Crippen LogP) is -0.389. The highest BCUT2D eigenvalue weighted by atomic mass is 16.6. The van der Waals surface area contributed by atoms with Crippen LogP contribution in [0.2, 0.25) is 0 Å². The van der Waals surface area contributed by atoms with Crippen LogP contribution < -0.4 is 0 Å². The molecule has 0 saturated heterocycles. The number of aliphatic hydroxyl groups is 1. The molecule has 0 aromatic rings. The molecule has 0 rings (SSSR count). The minimum Gasteiger partial charge on any atom is -0.391 e. The lowest BCUT2D eigenvalue weighted by atomic mass is 10.0. The van der Waals surface area contributed by atoms with E-state index in [2.05, 4.69) is 0 Å². The van der Waals surface area contributed by atoms with E-state index in [-0.39, 0.29) is 0 Å². The van der Waals surface area contributed by atoms with Crippen LogP contribution in [0.3, 0.4) is 0 Å². The van der Waals surface area contributed by atoms with Gasteiger partial charge in [-0.2, -0.15) is 0 Å². The van der Waals surface area contributed by atoms with Crippen LogP contribution in [0.1, 0.15) is 6.92 Å². The molecule has 0 spiro atoms. The summed E-state index contributed by atoms with van der Waals surface area (Å²) >= 11 is 0. The fourth-order valence-corrected chi connectivity index (χ4v) is 1.33. The van der Waals surface area contributed by atoms with Gasteiger partial charge in [-0.1, -0.05) is 0 Å². The normalized spacial score (nSPS) is 19.8. The first-order chi connectivity index (χ1) is 6.62. The Labute approximate surface area is 84.0 Å². The molecule has 14 heavy (non-hydrogen) atoms. The molecule has 4 atom stereocenters. The fraction of sp³-hybridized carbons (Fsp3) is 0.889. The van der Waals surface area contributed by atoms with Gasteiger partial charge in [0, 0.05) is 21.3 Å². The molecule has 0 aliphatic heterocycles. The number of hydrogen-bond donors (Lipinski definition) is 1. The molecule has 5 heteroatoms. The molecule has 0 bridgehead atoms. The zero-order valence-corrected chi connectivity index (χ0v) is 8.97. The second kappa shape index (κ2) is 6.89. The molecule has 0 fully saturated rings. The van der Waals surface area contributed by atoms with Crippen molar-refractivity contribution in [3.63, 3.8) is 0 Å². The SMILES string of the molecule is CO[C@H]([C@H](OC)[C@H](C)O)[C@@H](C=O)OC. The second-order valence-electron chi connectivity index (χ2n) is 2.98. The molecule has 0 radical (unpaired) electrons. The summed E-state index contributed by atoms with van der Waals surface area (Å²) in [5.41, 5.74) is 0. The minimum atomic E-state index is -0.737. The lowest BCUT2D eigenvalue weighted by molar-refractivity contribution is -0.149. The third kappa shape index (κ3) is 3.34. The van der Waals surface area contributed by atoms with Gasteiger partial charge in [0.2, 0.25) is 0 Å². The largest absolute Gasteiger partial charge is 0.391 e. The van der Waals surface area contributed by atoms with Crippen LogP contribution in [-0.2, 0) is 19.0 Å². The van der Waals surface area contributed by atoms with Gasteiger partial charge < -0.3 is 24.1 Å². The topological polar surface area (TPSA) is 65.0 Å². The molecule has 0 aromatic heterocycles. The summed E-state index contributed by atoms with van der Waals surface area (Å²) in [6.45, 7) is 1.57. The van der Waals surface area contributed by atoms with E-state index in [9.17, 15) is 9.90 Å². The summed E-state index contributed by atoms with van der Waals surface area (Å²) in [5.74, 6) is 0. The van der Waals surface area contributed by atoms with Crippen molar-refractivity contribution >= 4 is 6.29 Å². The number of aliphatic hydroxyl groups excluding tert-OH is 1. The van der Waals surface area contributed by atoms with Crippen molar-refractivity contribution in [3.8, 4) is 0 Å². The van der Waals surface area contributed by atoms with Crippen molar-refractivity contribution in [2.45, 2.75) is 31.3 Å². The van der Waals surface area contributed by atoms with Gasteiger partial charge >= 0.3 is 0 Å². The molecule has 84 valence electrons. The van der Waals surface area contributed by atoms with E-state index in [0.29, 0.717) is 6.29 Å². The molecule has 0 heterocycles. The average Bonchev–Trinajstić information content (AvgIpc) is 2.17. The van der Waals surface area contributed by atoms with Crippen LogP contribution in [0, 0.1) is 0 Å². The molecule has 0 aliphatic carbocycles. The van der Waals surface area contributed by atoms with Crippen molar-refractivity contribution in [1.82, 2.24) is 0 Å². The Morgan fingerprint density at radius 2 is 1.57 bits per heavy atom. The van der Waals surface area contributed by atoms with Crippen molar-refractivity contribution in [3.05, 3.63) is 0 Å². The Hall–Kier alpha value is -0.490. The Morgan fingerprint density at radius 3 is 1.79 bits per heavy atom. The van der Waals surface area contributed by atoms with E-state index in [1.807, 2.05) is 0 Å². The van der Waals surface area contributed by atoms with E-state index >= 15 is 0 Å². The van der Waals surface area contributed by atoms with Crippen LogP contribution in [-0.4, -0.2) is 57.1 Å². The molecule has 0 amide bonds. The number of ether oxygens (including phenoxy) is 3. The van der Waals surface area contributed by atoms with Crippen LogP contribution >= 0.6 is 0 Å². The standard InChI is InChI=1S/C9H18O5/c1-6(11)8(13-3)9(14-4)7(5-10)12-2/h5-9,11H,1-4H3/t6-,7+,8+,9-/m0/s1. The fourth-order valence-electron chi connectivity index (χ4n) is 1.33. The van der Waals surface area contributed by atoms with Gasteiger partial charge in [-0.3, -0.25) is 0 Å². The van der Waals surface area contributed by atoms with Gasteiger partial charge in [-0.15, -0.1) is 0 Å². The number of rotatable bonds is 7. The van der Waals surface area contributed by atoms with Gasteiger partial charge in [0.1, 0.15) is 18.3 Å². The van der Waals surface area contributed by atoms with Gasteiger partial charge in [0.05, 0.1) is 6.10 Å². The Balaban J connectivity index is 4.56. The Kier molecular flexibility index (Phi) is 6.65. The van der Waals surface area contributed by atoms with E-state index < -0.39 is 24.4 Å². The maximum Gasteiger partial charge on any atom is 0.151 e. The van der Waals surface area contributed by atoms with Crippen LogP contribution in [0.4, 0.5) is 0 Å². The Bertz CT molecular complexity index is 159. The smallest absolute Gasteiger partial charge is 0.151 e. The summed E-state index contributed by atoms with van der Waals surface area (Å²) < 4.78 is 15.0. The highest BCUT2D eigenvalue weighted by Crippen LogP contribution is 2.12. The number of carbonyl (C=O) groups excluding carboxylic acids is 1. The Morgan fingerprint density at radius 1 is 1.07 bits per heavy atom. The maximum atomic E-state index is 10.6. The number of methoxy groups -OCH3 is 3. The molecule has 0 saturated carbocycles. The third-order valence-corrected chi connectivity index (χ3v) is 2.07. The van der Waals surface area contributed by atoms with Crippen molar-refractivity contribution in [2.24, 2.45) is 0 Å². The molecule has 0 unspecified atom stereocenters. The zero-order valence-electron chi connectivity index (χ0n) is 8.97. The van der Waals surface area contributed by atoms with Gasteiger partial charge in [0.25, 0.3) is 0 Å². The number of hydrogen-bond acceptors (Lipinski definition) is 5. The summed E-state index contributed by atoms with van der Waals surface area (Å²) in [6, 6.07) is 0. The number of aldehydes is 1. The van der Waals surface area contributed by atoms with Crippen LogP contribution in [0.25, 0.3) is 0 Å². The van der Waals surface area contributed by atoms with Gasteiger partial charge in [0.15, 0.2) is 6.29 Å². The van der Waals surface area contributed by atoms with Crippen molar-refractivity contribution < 1.29 is 24.1 Å². The lowest BCUT2D eigenvalue weighted by Crippen LogP contribution is -2.47.